The van der Waals surface area contributed by atoms with Crippen molar-refractivity contribution in [2.24, 2.45) is 4.99 Å². The van der Waals surface area contributed by atoms with Gasteiger partial charge in [-0.15, -0.1) is 10.2 Å². The minimum Gasteiger partial charge on any atom is -0.497 e. The highest BCUT2D eigenvalue weighted by Crippen LogP contribution is 2.34. The SMILES string of the molecule is COc1ccc2c(c1)C(c1ccc(Cl)cc1)=NC(CC(=O)NC1CCN(C(=O)c3ccc([Si](C)(C)O)cc3)C1)c1nnc(C)n1-2. The largest absolute Gasteiger partial charge is 0.497 e. The van der Waals surface area contributed by atoms with E-state index in [0.717, 1.165) is 22.0 Å². The van der Waals surface area contributed by atoms with Crippen molar-refractivity contribution in [2.75, 3.05) is 20.2 Å². The normalized spacial score (nSPS) is 17.6. The number of ether oxygens (including phenoxy) is 1. The summed E-state index contributed by atoms with van der Waals surface area (Å²) < 4.78 is 7.49. The Balaban J connectivity index is 1.23. The van der Waals surface area contributed by atoms with Gasteiger partial charge in [-0.3, -0.25) is 19.1 Å². The number of methoxy groups -OCH3 is 1. The Bertz CT molecular complexity index is 1780. The molecule has 2 atom stereocenters. The number of carbonyl (C=O) groups is 2. The number of nitrogens with one attached hydrogen (secondary N) is 1. The van der Waals surface area contributed by atoms with Gasteiger partial charge in [0.05, 0.1) is 24.9 Å². The van der Waals surface area contributed by atoms with Crippen molar-refractivity contribution in [3.8, 4) is 11.4 Å². The molecule has 2 amide bonds. The number of fused-ring (bicyclic) bond motifs is 3. The third-order valence-corrected chi connectivity index (χ3v) is 10.3. The lowest BCUT2D eigenvalue weighted by Gasteiger charge is -2.19. The second-order valence-corrected chi connectivity index (χ2v) is 16.1. The molecule has 0 saturated carbocycles. The van der Waals surface area contributed by atoms with E-state index in [1.54, 1.807) is 24.1 Å². The minimum absolute atomic E-state index is 0.0487. The summed E-state index contributed by atoms with van der Waals surface area (Å²) in [4.78, 5) is 44.0. The summed E-state index contributed by atoms with van der Waals surface area (Å²) in [6.45, 7) is 6.52. The molecule has 1 aromatic heterocycles. The quantitative estimate of drug-likeness (QED) is 0.295. The molecule has 2 aliphatic rings. The molecule has 2 aliphatic heterocycles. The lowest BCUT2D eigenvalue weighted by atomic mass is 10.00. The fourth-order valence-electron chi connectivity index (χ4n) is 5.90. The maximum absolute atomic E-state index is 13.5. The molecule has 3 heterocycles. The fraction of sp³-hybridized carbons (Fsp3) is 0.303. The Morgan fingerprint density at radius 1 is 1.07 bits per heavy atom. The average molecular weight is 643 g/mol. The van der Waals surface area contributed by atoms with Gasteiger partial charge in [-0.1, -0.05) is 35.9 Å². The summed E-state index contributed by atoms with van der Waals surface area (Å²) in [7, 11) is -0.828. The summed E-state index contributed by atoms with van der Waals surface area (Å²) in [6, 6.07) is 19.6. The zero-order chi connectivity index (χ0) is 31.9. The van der Waals surface area contributed by atoms with E-state index < -0.39 is 14.4 Å². The van der Waals surface area contributed by atoms with Gasteiger partial charge in [0.1, 0.15) is 17.6 Å². The lowest BCUT2D eigenvalue weighted by Crippen LogP contribution is -2.41. The van der Waals surface area contributed by atoms with Crippen LogP contribution in [0.1, 0.15) is 52.0 Å². The molecule has 232 valence electrons. The van der Waals surface area contributed by atoms with Crippen LogP contribution in [0.5, 0.6) is 5.75 Å². The van der Waals surface area contributed by atoms with Crippen LogP contribution in [0.3, 0.4) is 0 Å². The molecule has 45 heavy (non-hydrogen) atoms. The van der Waals surface area contributed by atoms with Crippen molar-refractivity contribution in [2.45, 2.75) is 44.9 Å². The van der Waals surface area contributed by atoms with E-state index in [2.05, 4.69) is 15.5 Å². The van der Waals surface area contributed by atoms with E-state index in [9.17, 15) is 14.4 Å². The number of amides is 2. The van der Waals surface area contributed by atoms with Gasteiger partial charge in [0, 0.05) is 40.8 Å². The number of nitrogens with zero attached hydrogens (tertiary/aromatic N) is 5. The molecule has 6 rings (SSSR count). The number of rotatable bonds is 7. The molecule has 4 aromatic rings. The topological polar surface area (TPSA) is 122 Å². The molecule has 0 aliphatic carbocycles. The predicted molar refractivity (Wildman–Crippen MR) is 175 cm³/mol. The molecule has 2 unspecified atom stereocenters. The van der Waals surface area contributed by atoms with Crippen LogP contribution in [0.4, 0.5) is 0 Å². The van der Waals surface area contributed by atoms with Crippen LogP contribution in [0, 0.1) is 6.92 Å². The number of halogens is 1. The first-order chi connectivity index (χ1) is 21.5. The standard InChI is InChI=1S/C33H35ClN6O4Si/c1-20-37-38-32-28(36-31(21-5-9-23(34)10-6-21)27-17-25(44-2)11-14-29(27)40(20)32)18-30(41)35-24-15-16-39(19-24)33(42)22-7-12-26(13-8-22)45(3,4)43/h5-14,17,24,28,43H,15-16,18-19H2,1-4H3,(H,35,41). The van der Waals surface area contributed by atoms with E-state index in [1.807, 2.05) is 79.2 Å². The Morgan fingerprint density at radius 2 is 1.80 bits per heavy atom. The average Bonchev–Trinajstić information content (AvgIpc) is 3.62. The Morgan fingerprint density at radius 3 is 2.49 bits per heavy atom. The second kappa shape index (κ2) is 12.2. The van der Waals surface area contributed by atoms with Gasteiger partial charge in [-0.2, -0.15) is 0 Å². The molecular formula is C33H35ClN6O4Si. The number of aryl methyl sites for hydroxylation is 1. The summed E-state index contributed by atoms with van der Waals surface area (Å²) in [6.07, 6.45) is 0.698. The predicted octanol–water partition coefficient (Wildman–Crippen LogP) is 3.96. The van der Waals surface area contributed by atoms with Crippen molar-refractivity contribution in [1.82, 2.24) is 25.0 Å². The van der Waals surface area contributed by atoms with Gasteiger partial charge < -0.3 is 19.7 Å². The monoisotopic (exact) mass is 642 g/mol. The Labute approximate surface area is 267 Å². The van der Waals surface area contributed by atoms with E-state index in [-0.39, 0.29) is 24.3 Å². The number of carbonyl (C=O) groups excluding carboxylic acids is 2. The van der Waals surface area contributed by atoms with Gasteiger partial charge in [-0.05, 0) is 74.1 Å². The molecule has 2 N–H and O–H groups in total. The third-order valence-electron chi connectivity index (χ3n) is 8.31. The molecule has 3 aromatic carbocycles. The van der Waals surface area contributed by atoms with Crippen LogP contribution >= 0.6 is 11.6 Å². The number of likely N-dealkylation sites (tertiary alicyclic amines) is 1. The van der Waals surface area contributed by atoms with Gasteiger partial charge in [0.15, 0.2) is 5.82 Å². The number of hydrogen-bond donors (Lipinski definition) is 2. The smallest absolute Gasteiger partial charge is 0.253 e. The molecule has 0 bridgehead atoms. The van der Waals surface area contributed by atoms with Crippen molar-refractivity contribution < 1.29 is 19.1 Å². The molecule has 1 fully saturated rings. The van der Waals surface area contributed by atoms with Crippen LogP contribution in [0.15, 0.2) is 71.7 Å². The zero-order valence-corrected chi connectivity index (χ0v) is 27.4. The summed E-state index contributed by atoms with van der Waals surface area (Å²) in [5.41, 5.74) is 3.77. The summed E-state index contributed by atoms with van der Waals surface area (Å²) in [5, 5.41) is 13.4. The fourth-order valence-corrected chi connectivity index (χ4v) is 7.01. The van der Waals surface area contributed by atoms with Crippen LogP contribution < -0.4 is 15.2 Å². The van der Waals surface area contributed by atoms with Crippen molar-refractivity contribution >= 4 is 42.6 Å². The van der Waals surface area contributed by atoms with Crippen LogP contribution in [-0.2, 0) is 4.79 Å². The molecule has 1 saturated heterocycles. The highest BCUT2D eigenvalue weighted by molar-refractivity contribution is 6.83. The first-order valence-electron chi connectivity index (χ1n) is 14.9. The third kappa shape index (κ3) is 6.28. The van der Waals surface area contributed by atoms with Crippen molar-refractivity contribution in [3.63, 3.8) is 0 Å². The summed E-state index contributed by atoms with van der Waals surface area (Å²) in [5.74, 6) is 1.65. The van der Waals surface area contributed by atoms with Crippen LogP contribution in [-0.4, -0.2) is 76.5 Å². The maximum atomic E-state index is 13.5. The molecule has 12 heteroatoms. The molecule has 10 nitrogen and oxygen atoms in total. The van der Waals surface area contributed by atoms with Gasteiger partial charge in [-0.25, -0.2) is 0 Å². The van der Waals surface area contributed by atoms with E-state index in [4.69, 9.17) is 21.3 Å². The molecule has 0 spiro atoms. The van der Waals surface area contributed by atoms with Crippen molar-refractivity contribution in [1.29, 1.82) is 0 Å². The molecular weight excluding hydrogens is 608 g/mol. The van der Waals surface area contributed by atoms with E-state index in [1.165, 1.54) is 0 Å². The lowest BCUT2D eigenvalue weighted by molar-refractivity contribution is -0.122. The van der Waals surface area contributed by atoms with Crippen LogP contribution in [0.2, 0.25) is 18.1 Å². The number of aliphatic imine (C=N–C) groups is 1. The first kappa shape index (κ1) is 30.7. The number of aromatic nitrogens is 3. The second-order valence-electron chi connectivity index (χ2n) is 12.0. The Kier molecular flexibility index (Phi) is 8.34. The van der Waals surface area contributed by atoms with Crippen molar-refractivity contribution in [3.05, 3.63) is 100 Å². The molecule has 0 radical (unpaired) electrons. The maximum Gasteiger partial charge on any atom is 0.253 e. The van der Waals surface area contributed by atoms with Gasteiger partial charge in [0.25, 0.3) is 5.91 Å². The van der Waals surface area contributed by atoms with E-state index >= 15 is 0 Å². The summed E-state index contributed by atoms with van der Waals surface area (Å²) >= 11 is 6.21. The van der Waals surface area contributed by atoms with Gasteiger partial charge in [0.2, 0.25) is 14.2 Å². The number of benzene rings is 3. The number of hydrogen-bond acceptors (Lipinski definition) is 7. The highest BCUT2D eigenvalue weighted by atomic mass is 35.5. The highest BCUT2D eigenvalue weighted by Gasteiger charge is 2.33. The Hall–Kier alpha value is -4.32. The first-order valence-corrected chi connectivity index (χ1v) is 18.2. The minimum atomic E-state index is -2.45. The zero-order valence-electron chi connectivity index (χ0n) is 25.6. The van der Waals surface area contributed by atoms with Crippen LogP contribution in [0.25, 0.3) is 5.69 Å². The van der Waals surface area contributed by atoms with E-state index in [0.29, 0.717) is 53.2 Å². The van der Waals surface area contributed by atoms with Gasteiger partial charge >= 0.3 is 0 Å².